The standard InChI is InChI=1S/C23H28Cl2N2O2S/c1-5-21(23(29)26-4)27(12-18-6-7-19(24)11-20(18)25)22(28)14-30-13-17-9-15(2)8-16(3)10-17/h6-11,21H,5,12-14H2,1-4H3,(H,26,29). The second-order valence-electron chi connectivity index (χ2n) is 7.28. The van der Waals surface area contributed by atoms with E-state index in [4.69, 9.17) is 23.2 Å². The molecule has 1 unspecified atom stereocenters. The average Bonchev–Trinajstić information content (AvgIpc) is 2.68. The summed E-state index contributed by atoms with van der Waals surface area (Å²) in [6.07, 6.45) is 0.512. The summed E-state index contributed by atoms with van der Waals surface area (Å²) in [5.74, 6) is 0.743. The Hall–Kier alpha value is -1.69. The Morgan fingerprint density at radius 2 is 1.77 bits per heavy atom. The van der Waals surface area contributed by atoms with E-state index in [0.717, 1.165) is 11.3 Å². The second-order valence-corrected chi connectivity index (χ2v) is 9.11. The van der Waals surface area contributed by atoms with Crippen LogP contribution >= 0.6 is 35.0 Å². The van der Waals surface area contributed by atoms with E-state index in [1.54, 1.807) is 41.9 Å². The molecule has 1 atom stereocenters. The molecule has 0 aliphatic carbocycles. The van der Waals surface area contributed by atoms with Gasteiger partial charge in [-0.3, -0.25) is 9.59 Å². The molecule has 2 aromatic carbocycles. The van der Waals surface area contributed by atoms with Crippen molar-refractivity contribution < 1.29 is 9.59 Å². The van der Waals surface area contributed by atoms with Crippen molar-refractivity contribution in [3.05, 3.63) is 68.7 Å². The molecule has 0 aliphatic heterocycles. The maximum absolute atomic E-state index is 13.1. The van der Waals surface area contributed by atoms with Gasteiger partial charge in [0.05, 0.1) is 5.75 Å². The van der Waals surface area contributed by atoms with E-state index < -0.39 is 6.04 Å². The molecule has 0 aliphatic rings. The van der Waals surface area contributed by atoms with Crippen molar-refractivity contribution in [2.24, 2.45) is 0 Å². The summed E-state index contributed by atoms with van der Waals surface area (Å²) in [6.45, 7) is 6.29. The van der Waals surface area contributed by atoms with Gasteiger partial charge in [0, 0.05) is 29.4 Å². The maximum Gasteiger partial charge on any atom is 0.242 e. The molecular weight excluding hydrogens is 439 g/mol. The molecule has 0 saturated carbocycles. The molecule has 4 nitrogen and oxygen atoms in total. The third-order valence-corrected chi connectivity index (χ3v) is 6.34. The van der Waals surface area contributed by atoms with Crippen LogP contribution in [0.1, 0.15) is 35.6 Å². The lowest BCUT2D eigenvalue weighted by Crippen LogP contribution is -2.48. The van der Waals surface area contributed by atoms with Crippen LogP contribution in [0.3, 0.4) is 0 Å². The topological polar surface area (TPSA) is 49.4 Å². The van der Waals surface area contributed by atoms with Crippen LogP contribution in [0.2, 0.25) is 10.0 Å². The van der Waals surface area contributed by atoms with Crippen LogP contribution in [0.25, 0.3) is 0 Å². The van der Waals surface area contributed by atoms with Crippen molar-refractivity contribution in [3.8, 4) is 0 Å². The summed E-state index contributed by atoms with van der Waals surface area (Å²) >= 11 is 13.9. The highest BCUT2D eigenvalue weighted by Crippen LogP contribution is 2.24. The fraction of sp³-hybridized carbons (Fsp3) is 0.391. The Labute approximate surface area is 193 Å². The average molecular weight is 467 g/mol. The van der Waals surface area contributed by atoms with Gasteiger partial charge in [-0.1, -0.05) is 65.5 Å². The van der Waals surface area contributed by atoms with Gasteiger partial charge in [-0.15, -0.1) is 11.8 Å². The third kappa shape index (κ3) is 6.93. The molecule has 0 fully saturated rings. The largest absolute Gasteiger partial charge is 0.357 e. The summed E-state index contributed by atoms with van der Waals surface area (Å²) in [5, 5.41) is 3.67. The van der Waals surface area contributed by atoms with Crippen molar-refractivity contribution in [1.29, 1.82) is 0 Å². The van der Waals surface area contributed by atoms with Crippen molar-refractivity contribution in [1.82, 2.24) is 10.2 Å². The van der Waals surface area contributed by atoms with Crippen molar-refractivity contribution in [2.75, 3.05) is 12.8 Å². The molecule has 0 spiro atoms. The number of amides is 2. The number of benzene rings is 2. The lowest BCUT2D eigenvalue weighted by atomic mass is 10.1. The minimum atomic E-state index is -0.559. The van der Waals surface area contributed by atoms with E-state index in [1.807, 2.05) is 6.92 Å². The minimum Gasteiger partial charge on any atom is -0.357 e. The molecular formula is C23H28Cl2N2O2S. The number of likely N-dealkylation sites (N-methyl/N-ethyl adjacent to an activating group) is 1. The van der Waals surface area contributed by atoms with Gasteiger partial charge in [0.25, 0.3) is 0 Å². The van der Waals surface area contributed by atoms with E-state index >= 15 is 0 Å². The van der Waals surface area contributed by atoms with E-state index in [9.17, 15) is 9.59 Å². The van der Waals surface area contributed by atoms with Crippen molar-refractivity contribution >= 4 is 46.8 Å². The summed E-state index contributed by atoms with van der Waals surface area (Å²) in [6, 6.07) is 11.0. The van der Waals surface area contributed by atoms with Gasteiger partial charge in [0.1, 0.15) is 6.04 Å². The van der Waals surface area contributed by atoms with Crippen LogP contribution in [0.4, 0.5) is 0 Å². The smallest absolute Gasteiger partial charge is 0.242 e. The second kappa shape index (κ2) is 11.6. The van der Waals surface area contributed by atoms with Crippen LogP contribution in [-0.4, -0.2) is 35.6 Å². The van der Waals surface area contributed by atoms with Gasteiger partial charge in [-0.05, 0) is 43.5 Å². The SMILES string of the molecule is CCC(C(=O)NC)N(Cc1ccc(Cl)cc1Cl)C(=O)CSCc1cc(C)cc(C)c1. The molecule has 2 aromatic rings. The molecule has 0 heterocycles. The Morgan fingerprint density at radius 3 is 2.33 bits per heavy atom. The molecule has 0 bridgehead atoms. The van der Waals surface area contributed by atoms with Gasteiger partial charge in [-0.25, -0.2) is 0 Å². The summed E-state index contributed by atoms with van der Waals surface area (Å²) in [5.41, 5.74) is 4.37. The highest BCUT2D eigenvalue weighted by atomic mass is 35.5. The number of carbonyl (C=O) groups excluding carboxylic acids is 2. The Bertz CT molecular complexity index is 885. The number of nitrogens with one attached hydrogen (secondary N) is 1. The number of hydrogen-bond acceptors (Lipinski definition) is 3. The van der Waals surface area contributed by atoms with Gasteiger partial charge < -0.3 is 10.2 Å². The Balaban J connectivity index is 2.15. The summed E-state index contributed by atoms with van der Waals surface area (Å²) < 4.78 is 0. The summed E-state index contributed by atoms with van der Waals surface area (Å²) in [7, 11) is 1.58. The first kappa shape index (κ1) is 24.6. The van der Waals surface area contributed by atoms with Gasteiger partial charge in [-0.2, -0.15) is 0 Å². The quantitative estimate of drug-likeness (QED) is 0.538. The van der Waals surface area contributed by atoms with Crippen LogP contribution in [0.15, 0.2) is 36.4 Å². The monoisotopic (exact) mass is 466 g/mol. The Morgan fingerprint density at radius 1 is 1.10 bits per heavy atom. The number of thioether (sulfide) groups is 1. The molecule has 0 radical (unpaired) electrons. The van der Waals surface area contributed by atoms with E-state index in [0.29, 0.717) is 16.5 Å². The van der Waals surface area contributed by atoms with E-state index in [-0.39, 0.29) is 24.1 Å². The zero-order valence-electron chi connectivity index (χ0n) is 17.8. The zero-order chi connectivity index (χ0) is 22.3. The first-order chi connectivity index (χ1) is 14.2. The Kier molecular flexibility index (Phi) is 9.53. The lowest BCUT2D eigenvalue weighted by Gasteiger charge is -2.30. The molecule has 7 heteroatoms. The number of hydrogen-bond donors (Lipinski definition) is 1. The first-order valence-corrected chi connectivity index (χ1v) is 11.8. The number of nitrogens with zero attached hydrogens (tertiary/aromatic N) is 1. The molecule has 2 rings (SSSR count). The predicted molar refractivity (Wildman–Crippen MR) is 127 cm³/mol. The number of rotatable bonds is 9. The van der Waals surface area contributed by atoms with Gasteiger partial charge >= 0.3 is 0 Å². The third-order valence-electron chi connectivity index (χ3n) is 4.76. The molecule has 162 valence electrons. The highest BCUT2D eigenvalue weighted by Gasteiger charge is 2.28. The van der Waals surface area contributed by atoms with Crippen LogP contribution in [0, 0.1) is 13.8 Å². The van der Waals surface area contributed by atoms with Gasteiger partial charge in [0.15, 0.2) is 0 Å². The molecule has 30 heavy (non-hydrogen) atoms. The zero-order valence-corrected chi connectivity index (χ0v) is 20.1. The fourth-order valence-electron chi connectivity index (χ4n) is 3.41. The maximum atomic E-state index is 13.1. The minimum absolute atomic E-state index is 0.0918. The first-order valence-electron chi connectivity index (χ1n) is 9.85. The molecule has 2 amide bonds. The predicted octanol–water partition coefficient (Wildman–Crippen LogP) is 5.40. The molecule has 0 saturated heterocycles. The van der Waals surface area contributed by atoms with Crippen LogP contribution in [-0.2, 0) is 21.9 Å². The van der Waals surface area contributed by atoms with Crippen LogP contribution in [0.5, 0.6) is 0 Å². The molecule has 0 aromatic heterocycles. The highest BCUT2D eigenvalue weighted by molar-refractivity contribution is 7.99. The number of carbonyl (C=O) groups is 2. The number of aryl methyl sites for hydroxylation is 2. The van der Waals surface area contributed by atoms with E-state index in [2.05, 4.69) is 37.4 Å². The number of halogens is 2. The van der Waals surface area contributed by atoms with Crippen molar-refractivity contribution in [2.45, 2.75) is 45.5 Å². The van der Waals surface area contributed by atoms with E-state index in [1.165, 1.54) is 16.7 Å². The normalized spacial score (nSPS) is 11.8. The lowest BCUT2D eigenvalue weighted by molar-refractivity contribution is -0.139. The van der Waals surface area contributed by atoms with Crippen LogP contribution < -0.4 is 5.32 Å². The summed E-state index contributed by atoms with van der Waals surface area (Å²) in [4.78, 5) is 27.2. The molecule has 1 N–H and O–H groups in total. The van der Waals surface area contributed by atoms with Crippen molar-refractivity contribution in [3.63, 3.8) is 0 Å². The fourth-order valence-corrected chi connectivity index (χ4v) is 4.72. The van der Waals surface area contributed by atoms with Gasteiger partial charge in [0.2, 0.25) is 11.8 Å².